The number of likely N-dealkylation sites (tertiary alicyclic amines) is 1. The number of hydrogen-bond donors (Lipinski definition) is 1. The molecule has 0 unspecified atom stereocenters. The zero-order valence-electron chi connectivity index (χ0n) is 13.7. The summed E-state index contributed by atoms with van der Waals surface area (Å²) in [6.45, 7) is 4.42. The van der Waals surface area contributed by atoms with Gasteiger partial charge in [-0.1, -0.05) is 18.5 Å². The van der Waals surface area contributed by atoms with Gasteiger partial charge in [-0.3, -0.25) is 9.52 Å². The molecule has 132 valence electrons. The molecule has 1 aromatic carbocycles. The Hall–Kier alpha value is -1.31. The summed E-state index contributed by atoms with van der Waals surface area (Å²) < 4.78 is 29.2. The lowest BCUT2D eigenvalue weighted by Gasteiger charge is -2.21. The summed E-state index contributed by atoms with van der Waals surface area (Å²) in [4.78, 5) is 14.4. The maximum atomic E-state index is 12.7. The largest absolute Gasteiger partial charge is 0.339 e. The molecule has 1 aromatic rings. The van der Waals surface area contributed by atoms with E-state index >= 15 is 0 Å². The van der Waals surface area contributed by atoms with Crippen LogP contribution in [-0.2, 0) is 10.2 Å². The van der Waals surface area contributed by atoms with Gasteiger partial charge in [0.05, 0.1) is 11.3 Å². The molecule has 0 aliphatic carbocycles. The van der Waals surface area contributed by atoms with Crippen molar-refractivity contribution >= 4 is 33.4 Å². The van der Waals surface area contributed by atoms with Crippen LogP contribution in [0.5, 0.6) is 0 Å². The van der Waals surface area contributed by atoms with Gasteiger partial charge in [-0.05, 0) is 43.4 Å². The van der Waals surface area contributed by atoms with E-state index in [1.54, 1.807) is 17.0 Å². The minimum absolute atomic E-state index is 0.156. The van der Waals surface area contributed by atoms with Gasteiger partial charge >= 0.3 is 10.2 Å². The number of benzene rings is 1. The van der Waals surface area contributed by atoms with E-state index in [4.69, 9.17) is 11.6 Å². The number of carbonyl (C=O) groups is 1. The summed E-state index contributed by atoms with van der Waals surface area (Å²) in [7, 11) is -3.69. The van der Waals surface area contributed by atoms with Crippen molar-refractivity contribution in [3.8, 4) is 0 Å². The van der Waals surface area contributed by atoms with E-state index in [9.17, 15) is 13.2 Å². The van der Waals surface area contributed by atoms with Gasteiger partial charge in [-0.15, -0.1) is 0 Å². The third-order valence-corrected chi connectivity index (χ3v) is 6.30. The third-order valence-electron chi connectivity index (χ3n) is 4.57. The second-order valence-electron chi connectivity index (χ2n) is 6.55. The molecule has 0 radical (unpaired) electrons. The van der Waals surface area contributed by atoms with E-state index in [0.717, 1.165) is 19.3 Å². The van der Waals surface area contributed by atoms with Crippen molar-refractivity contribution in [1.82, 2.24) is 9.21 Å². The van der Waals surface area contributed by atoms with Gasteiger partial charge in [-0.25, -0.2) is 0 Å². The maximum Gasteiger partial charge on any atom is 0.301 e. The van der Waals surface area contributed by atoms with Crippen molar-refractivity contribution in [1.29, 1.82) is 0 Å². The summed E-state index contributed by atoms with van der Waals surface area (Å²) in [5, 5.41) is 0.389. The third kappa shape index (κ3) is 3.68. The standard InChI is InChI=1S/C16H22ClN3O3S/c1-12-6-9-20(11-12)24(22,23)18-15-10-13(17)4-5-14(15)16(21)19-7-2-3-8-19/h4-5,10,12,18H,2-3,6-9,11H2,1H3/t12-/m1/s1. The number of amides is 1. The molecule has 2 fully saturated rings. The van der Waals surface area contributed by atoms with Crippen LogP contribution in [0.4, 0.5) is 5.69 Å². The van der Waals surface area contributed by atoms with E-state index < -0.39 is 10.2 Å². The van der Waals surface area contributed by atoms with Crippen molar-refractivity contribution in [2.45, 2.75) is 26.2 Å². The number of rotatable bonds is 4. The summed E-state index contributed by atoms with van der Waals surface area (Å²) in [6, 6.07) is 4.70. The fourth-order valence-corrected chi connectivity index (χ4v) is 4.74. The van der Waals surface area contributed by atoms with Crippen molar-refractivity contribution in [2.24, 2.45) is 5.92 Å². The van der Waals surface area contributed by atoms with Gasteiger partial charge in [-0.2, -0.15) is 12.7 Å². The van der Waals surface area contributed by atoms with E-state index in [0.29, 0.717) is 42.7 Å². The van der Waals surface area contributed by atoms with Crippen molar-refractivity contribution < 1.29 is 13.2 Å². The van der Waals surface area contributed by atoms with E-state index in [2.05, 4.69) is 4.72 Å². The van der Waals surface area contributed by atoms with E-state index in [1.165, 1.54) is 10.4 Å². The highest BCUT2D eigenvalue weighted by Gasteiger charge is 2.31. The zero-order valence-corrected chi connectivity index (χ0v) is 15.2. The fourth-order valence-electron chi connectivity index (χ4n) is 3.19. The highest BCUT2D eigenvalue weighted by Crippen LogP contribution is 2.27. The molecule has 1 amide bonds. The smallest absolute Gasteiger partial charge is 0.301 e. The average molecular weight is 372 g/mol. The number of carbonyl (C=O) groups excluding carboxylic acids is 1. The Morgan fingerprint density at radius 1 is 1.25 bits per heavy atom. The molecule has 1 N–H and O–H groups in total. The van der Waals surface area contributed by atoms with Crippen LogP contribution in [0.15, 0.2) is 18.2 Å². The van der Waals surface area contributed by atoms with Crippen LogP contribution in [0, 0.1) is 5.92 Å². The van der Waals surface area contributed by atoms with Crippen molar-refractivity contribution in [2.75, 3.05) is 30.9 Å². The Kier molecular flexibility index (Phi) is 5.03. The van der Waals surface area contributed by atoms with Gasteiger partial charge in [0.2, 0.25) is 0 Å². The van der Waals surface area contributed by atoms with Crippen molar-refractivity contribution in [3.63, 3.8) is 0 Å². The fraction of sp³-hybridized carbons (Fsp3) is 0.562. The van der Waals surface area contributed by atoms with Crippen LogP contribution in [0.25, 0.3) is 0 Å². The molecular formula is C16H22ClN3O3S. The molecule has 0 aromatic heterocycles. The molecule has 6 nitrogen and oxygen atoms in total. The highest BCUT2D eigenvalue weighted by atomic mass is 35.5. The van der Waals surface area contributed by atoms with Gasteiger partial charge in [0.1, 0.15) is 0 Å². The molecule has 1 atom stereocenters. The van der Waals surface area contributed by atoms with Crippen LogP contribution in [0.2, 0.25) is 5.02 Å². The Balaban J connectivity index is 1.86. The molecule has 2 aliphatic heterocycles. The highest BCUT2D eigenvalue weighted by molar-refractivity contribution is 7.90. The Morgan fingerprint density at radius 2 is 1.96 bits per heavy atom. The van der Waals surface area contributed by atoms with Crippen LogP contribution in [0.1, 0.15) is 36.5 Å². The summed E-state index contributed by atoms with van der Waals surface area (Å²) in [5.74, 6) is 0.184. The monoisotopic (exact) mass is 371 g/mol. The number of halogens is 1. The molecule has 2 saturated heterocycles. The topological polar surface area (TPSA) is 69.7 Å². The number of anilines is 1. The number of hydrogen-bond acceptors (Lipinski definition) is 3. The van der Waals surface area contributed by atoms with E-state index in [1.807, 2.05) is 6.92 Å². The quantitative estimate of drug-likeness (QED) is 0.884. The van der Waals surface area contributed by atoms with Crippen LogP contribution in [-0.4, -0.2) is 49.7 Å². The first-order chi connectivity index (χ1) is 11.4. The Morgan fingerprint density at radius 3 is 2.58 bits per heavy atom. The molecule has 0 spiro atoms. The van der Waals surface area contributed by atoms with E-state index in [-0.39, 0.29) is 11.6 Å². The van der Waals surface area contributed by atoms with Gasteiger partial charge in [0.25, 0.3) is 5.91 Å². The second kappa shape index (κ2) is 6.90. The van der Waals surface area contributed by atoms with Crippen LogP contribution in [0.3, 0.4) is 0 Å². The first-order valence-electron chi connectivity index (χ1n) is 8.23. The maximum absolute atomic E-state index is 12.7. The summed E-state index contributed by atoms with van der Waals surface area (Å²) >= 11 is 6.02. The first kappa shape index (κ1) is 17.5. The number of nitrogens with zero attached hydrogens (tertiary/aromatic N) is 2. The predicted molar refractivity (Wildman–Crippen MR) is 94.5 cm³/mol. The molecule has 24 heavy (non-hydrogen) atoms. The van der Waals surface area contributed by atoms with Gasteiger partial charge < -0.3 is 4.90 Å². The SMILES string of the molecule is C[C@@H]1CCN(S(=O)(=O)Nc2cc(Cl)ccc2C(=O)N2CCCC2)C1. The minimum atomic E-state index is -3.69. The minimum Gasteiger partial charge on any atom is -0.339 e. The lowest BCUT2D eigenvalue weighted by Crippen LogP contribution is -2.35. The van der Waals surface area contributed by atoms with Gasteiger partial charge in [0, 0.05) is 31.2 Å². The lowest BCUT2D eigenvalue weighted by atomic mass is 10.1. The zero-order chi connectivity index (χ0) is 17.3. The molecule has 3 rings (SSSR count). The number of nitrogens with one attached hydrogen (secondary N) is 1. The molecule has 2 heterocycles. The predicted octanol–water partition coefficient (Wildman–Crippen LogP) is 2.57. The molecular weight excluding hydrogens is 350 g/mol. The lowest BCUT2D eigenvalue weighted by molar-refractivity contribution is 0.0794. The molecule has 0 saturated carbocycles. The van der Waals surface area contributed by atoms with Crippen LogP contribution < -0.4 is 4.72 Å². The molecule has 0 bridgehead atoms. The normalized spacial score (nSPS) is 22.1. The summed E-state index contributed by atoms with van der Waals surface area (Å²) in [6.07, 6.45) is 2.80. The van der Waals surface area contributed by atoms with Crippen molar-refractivity contribution in [3.05, 3.63) is 28.8 Å². The Labute approximate surface area is 147 Å². The Bertz CT molecular complexity index is 732. The first-order valence-corrected chi connectivity index (χ1v) is 10.1. The second-order valence-corrected chi connectivity index (χ2v) is 8.66. The summed E-state index contributed by atoms with van der Waals surface area (Å²) in [5.41, 5.74) is 0.594. The van der Waals surface area contributed by atoms with Crippen LogP contribution >= 0.6 is 11.6 Å². The average Bonchev–Trinajstić information content (AvgIpc) is 3.17. The molecule has 2 aliphatic rings. The molecule has 8 heteroatoms. The van der Waals surface area contributed by atoms with Gasteiger partial charge in [0.15, 0.2) is 0 Å².